The third-order valence-electron chi connectivity index (χ3n) is 3.32. The third kappa shape index (κ3) is 3.04. The van der Waals surface area contributed by atoms with Crippen LogP contribution < -0.4 is 0 Å². The van der Waals surface area contributed by atoms with E-state index in [1.54, 1.807) is 27.7 Å². The first-order valence-electron chi connectivity index (χ1n) is 6.14. The number of hydrogen-bond acceptors (Lipinski definition) is 4. The molecule has 0 aromatic carbocycles. The van der Waals surface area contributed by atoms with Crippen LogP contribution in [0.25, 0.3) is 0 Å². The SMILES string of the molecule is CCS(=O)(=O)N1C[C@@H](C)N(S(=O)(=O)CC)C[C@H]1C. The van der Waals surface area contributed by atoms with Crippen LogP contribution in [0.3, 0.4) is 0 Å². The van der Waals surface area contributed by atoms with Crippen LogP contribution >= 0.6 is 0 Å². The number of piperazine rings is 1. The summed E-state index contributed by atoms with van der Waals surface area (Å²) in [5.74, 6) is 0.0924. The minimum atomic E-state index is -3.27. The quantitative estimate of drug-likeness (QED) is 0.736. The Kier molecular flexibility index (Phi) is 4.80. The standard InChI is InChI=1S/C10H22N2O4S2/c1-5-17(13,14)11-7-10(4)12(8-9(11)3)18(15,16)6-2/h9-10H,5-8H2,1-4H3/t9-,10-/m1/s1. The molecule has 0 bridgehead atoms. The van der Waals surface area contributed by atoms with Crippen molar-refractivity contribution >= 4 is 20.0 Å². The molecule has 0 unspecified atom stereocenters. The Labute approximate surface area is 110 Å². The van der Waals surface area contributed by atoms with Gasteiger partial charge in [0.2, 0.25) is 20.0 Å². The largest absolute Gasteiger partial charge is 0.214 e. The molecule has 1 rings (SSSR count). The van der Waals surface area contributed by atoms with Gasteiger partial charge >= 0.3 is 0 Å². The topological polar surface area (TPSA) is 74.8 Å². The fourth-order valence-electron chi connectivity index (χ4n) is 2.17. The Hall–Kier alpha value is -0.180. The summed E-state index contributed by atoms with van der Waals surface area (Å²) in [6, 6.07) is -0.625. The Morgan fingerprint density at radius 1 is 0.833 bits per heavy atom. The summed E-state index contributed by atoms with van der Waals surface area (Å²) in [5.41, 5.74) is 0. The van der Waals surface area contributed by atoms with Crippen LogP contribution in [0, 0.1) is 0 Å². The highest BCUT2D eigenvalue weighted by Gasteiger charge is 2.39. The fraction of sp³-hybridized carbons (Fsp3) is 1.00. The molecule has 1 saturated heterocycles. The van der Waals surface area contributed by atoms with Gasteiger partial charge < -0.3 is 0 Å². The normalized spacial score (nSPS) is 28.4. The molecule has 0 spiro atoms. The van der Waals surface area contributed by atoms with Crippen LogP contribution in [0.2, 0.25) is 0 Å². The van der Waals surface area contributed by atoms with E-state index in [2.05, 4.69) is 0 Å². The molecular formula is C10H22N2O4S2. The zero-order valence-electron chi connectivity index (χ0n) is 11.3. The zero-order chi connectivity index (χ0) is 14.1. The van der Waals surface area contributed by atoms with E-state index in [9.17, 15) is 16.8 Å². The van der Waals surface area contributed by atoms with Crippen molar-refractivity contribution < 1.29 is 16.8 Å². The monoisotopic (exact) mass is 298 g/mol. The minimum Gasteiger partial charge on any atom is -0.212 e. The average Bonchev–Trinajstić information content (AvgIpc) is 2.31. The predicted octanol–water partition coefficient (Wildman–Crippen LogP) is 0.0804. The summed E-state index contributed by atoms with van der Waals surface area (Å²) in [7, 11) is -6.53. The molecule has 6 nitrogen and oxygen atoms in total. The molecule has 0 aliphatic carbocycles. The van der Waals surface area contributed by atoms with E-state index in [4.69, 9.17) is 0 Å². The Balaban J connectivity index is 2.97. The highest BCUT2D eigenvalue weighted by molar-refractivity contribution is 7.89. The van der Waals surface area contributed by atoms with E-state index in [1.165, 1.54) is 8.61 Å². The van der Waals surface area contributed by atoms with Crippen molar-refractivity contribution in [3.63, 3.8) is 0 Å². The maximum atomic E-state index is 11.9. The first-order chi connectivity index (χ1) is 8.15. The van der Waals surface area contributed by atoms with E-state index in [0.29, 0.717) is 0 Å². The summed E-state index contributed by atoms with van der Waals surface area (Å²) in [4.78, 5) is 0. The van der Waals surface area contributed by atoms with Gasteiger partial charge in [-0.05, 0) is 27.7 Å². The highest BCUT2D eigenvalue weighted by atomic mass is 32.2. The summed E-state index contributed by atoms with van der Waals surface area (Å²) >= 11 is 0. The molecule has 0 saturated carbocycles. The second-order valence-corrected chi connectivity index (χ2v) is 9.06. The lowest BCUT2D eigenvalue weighted by Crippen LogP contribution is -2.59. The average molecular weight is 298 g/mol. The number of hydrogen-bond donors (Lipinski definition) is 0. The van der Waals surface area contributed by atoms with Gasteiger partial charge in [0.05, 0.1) is 11.5 Å². The molecule has 8 heteroatoms. The molecule has 1 fully saturated rings. The van der Waals surface area contributed by atoms with Gasteiger partial charge in [-0.15, -0.1) is 0 Å². The Morgan fingerprint density at radius 3 is 1.33 bits per heavy atom. The highest BCUT2D eigenvalue weighted by Crippen LogP contribution is 2.21. The van der Waals surface area contributed by atoms with Gasteiger partial charge in [-0.2, -0.15) is 8.61 Å². The van der Waals surface area contributed by atoms with Gasteiger partial charge in [-0.3, -0.25) is 0 Å². The molecule has 0 N–H and O–H groups in total. The molecule has 2 atom stereocenters. The van der Waals surface area contributed by atoms with Gasteiger partial charge in [-0.1, -0.05) is 0 Å². The lowest BCUT2D eigenvalue weighted by molar-refractivity contribution is 0.164. The number of sulfonamides is 2. The first kappa shape index (κ1) is 15.9. The van der Waals surface area contributed by atoms with E-state index in [-0.39, 0.29) is 36.7 Å². The fourth-order valence-corrected chi connectivity index (χ4v) is 4.95. The van der Waals surface area contributed by atoms with Crippen molar-refractivity contribution in [2.24, 2.45) is 0 Å². The van der Waals surface area contributed by atoms with Crippen LogP contribution in [0.15, 0.2) is 0 Å². The molecule has 1 heterocycles. The van der Waals surface area contributed by atoms with E-state index in [1.807, 2.05) is 0 Å². The van der Waals surface area contributed by atoms with Crippen LogP contribution in [-0.4, -0.2) is 62.1 Å². The summed E-state index contributed by atoms with van der Waals surface area (Å²) < 4.78 is 50.4. The van der Waals surface area contributed by atoms with Gasteiger partial charge in [0.25, 0.3) is 0 Å². The summed E-state index contributed by atoms with van der Waals surface area (Å²) in [5, 5.41) is 0. The second kappa shape index (κ2) is 5.44. The summed E-state index contributed by atoms with van der Waals surface area (Å²) in [6.45, 7) is 7.16. The summed E-state index contributed by atoms with van der Waals surface area (Å²) in [6.07, 6.45) is 0. The van der Waals surface area contributed by atoms with Gasteiger partial charge in [0.15, 0.2) is 0 Å². The molecule has 0 aromatic heterocycles. The second-order valence-electron chi connectivity index (χ2n) is 4.64. The Morgan fingerprint density at radius 2 is 1.11 bits per heavy atom. The molecule has 108 valence electrons. The van der Waals surface area contributed by atoms with Gasteiger partial charge in [0.1, 0.15) is 0 Å². The zero-order valence-corrected chi connectivity index (χ0v) is 13.0. The maximum absolute atomic E-state index is 11.9. The van der Waals surface area contributed by atoms with E-state index < -0.39 is 20.0 Å². The molecule has 18 heavy (non-hydrogen) atoms. The third-order valence-corrected chi connectivity index (χ3v) is 7.22. The number of rotatable bonds is 4. The van der Waals surface area contributed by atoms with Crippen molar-refractivity contribution in [1.29, 1.82) is 0 Å². The van der Waals surface area contributed by atoms with Crippen molar-refractivity contribution in [3.05, 3.63) is 0 Å². The van der Waals surface area contributed by atoms with Crippen molar-refractivity contribution in [1.82, 2.24) is 8.61 Å². The van der Waals surface area contributed by atoms with Crippen LogP contribution in [-0.2, 0) is 20.0 Å². The molecule has 1 aliphatic rings. The molecular weight excluding hydrogens is 276 g/mol. The number of nitrogens with zero attached hydrogens (tertiary/aromatic N) is 2. The van der Waals surface area contributed by atoms with E-state index in [0.717, 1.165) is 0 Å². The lowest BCUT2D eigenvalue weighted by atomic mass is 10.2. The predicted molar refractivity (Wildman–Crippen MR) is 71.3 cm³/mol. The van der Waals surface area contributed by atoms with Crippen molar-refractivity contribution in [3.8, 4) is 0 Å². The van der Waals surface area contributed by atoms with Crippen LogP contribution in [0.1, 0.15) is 27.7 Å². The molecule has 1 aliphatic heterocycles. The molecule has 0 aromatic rings. The first-order valence-corrected chi connectivity index (χ1v) is 9.36. The van der Waals surface area contributed by atoms with E-state index >= 15 is 0 Å². The molecule has 0 amide bonds. The smallest absolute Gasteiger partial charge is 0.212 e. The van der Waals surface area contributed by atoms with Gasteiger partial charge in [-0.25, -0.2) is 16.8 Å². The minimum absolute atomic E-state index is 0.0462. The van der Waals surface area contributed by atoms with Crippen LogP contribution in [0.5, 0.6) is 0 Å². The van der Waals surface area contributed by atoms with Crippen molar-refractivity contribution in [2.45, 2.75) is 39.8 Å². The molecule has 0 radical (unpaired) electrons. The lowest BCUT2D eigenvalue weighted by Gasteiger charge is -2.42. The van der Waals surface area contributed by atoms with Crippen molar-refractivity contribution in [2.75, 3.05) is 24.6 Å². The van der Waals surface area contributed by atoms with Crippen LogP contribution in [0.4, 0.5) is 0 Å². The Bertz CT molecular complexity index is 440. The maximum Gasteiger partial charge on any atom is 0.214 e. The van der Waals surface area contributed by atoms with Gasteiger partial charge in [0, 0.05) is 25.2 Å².